The lowest BCUT2D eigenvalue weighted by molar-refractivity contribution is -0.302. The van der Waals surface area contributed by atoms with Crippen molar-refractivity contribution in [1.82, 2.24) is 5.32 Å². The number of carbonyl (C=O) groups is 1. The van der Waals surface area contributed by atoms with E-state index in [-0.39, 0.29) is 12.5 Å². The van der Waals surface area contributed by atoms with E-state index in [4.69, 9.17) is 9.47 Å². The Labute approximate surface area is 438 Å². The summed E-state index contributed by atoms with van der Waals surface area (Å²) in [6.45, 7) is 3.77. The van der Waals surface area contributed by atoms with Gasteiger partial charge in [-0.3, -0.25) is 4.79 Å². The van der Waals surface area contributed by atoms with Crippen molar-refractivity contribution in [3.63, 3.8) is 0 Å². The fourth-order valence-corrected chi connectivity index (χ4v) is 9.82. The number of aliphatic hydroxyl groups excluding tert-OH is 5. The molecule has 9 heteroatoms. The average molecular weight is 1000 g/mol. The lowest BCUT2D eigenvalue weighted by Gasteiger charge is -2.40. The molecule has 1 aliphatic heterocycles. The van der Waals surface area contributed by atoms with E-state index in [1.165, 1.54) is 238 Å². The van der Waals surface area contributed by atoms with Crippen molar-refractivity contribution in [3.05, 3.63) is 36.5 Å². The zero-order chi connectivity index (χ0) is 51.5. The Kier molecular flexibility index (Phi) is 49.3. The number of nitrogens with one attached hydrogen (secondary N) is 1. The van der Waals surface area contributed by atoms with E-state index in [0.29, 0.717) is 6.42 Å². The van der Waals surface area contributed by atoms with E-state index in [2.05, 4.69) is 43.5 Å². The third kappa shape index (κ3) is 41.4. The van der Waals surface area contributed by atoms with Gasteiger partial charge in [-0.25, -0.2) is 0 Å². The molecule has 1 amide bonds. The zero-order valence-electron chi connectivity index (χ0n) is 46.5. The second-order valence-electron chi connectivity index (χ2n) is 21.5. The molecule has 0 saturated carbocycles. The topological polar surface area (TPSA) is 149 Å². The maximum absolute atomic E-state index is 13.0. The predicted molar refractivity (Wildman–Crippen MR) is 300 cm³/mol. The molecule has 7 atom stereocenters. The van der Waals surface area contributed by atoms with Crippen LogP contribution in [0.1, 0.15) is 296 Å². The summed E-state index contributed by atoms with van der Waals surface area (Å²) in [6.07, 6.45) is 61.1. The third-order valence-electron chi connectivity index (χ3n) is 14.7. The summed E-state index contributed by atoms with van der Waals surface area (Å²) in [5.74, 6) is -0.183. The molecule has 1 fully saturated rings. The van der Waals surface area contributed by atoms with Gasteiger partial charge in [-0.1, -0.05) is 269 Å². The maximum atomic E-state index is 13.0. The van der Waals surface area contributed by atoms with Crippen LogP contribution in [0.15, 0.2) is 36.5 Å². The Morgan fingerprint density at radius 3 is 1.18 bits per heavy atom. The summed E-state index contributed by atoms with van der Waals surface area (Å²) in [5.41, 5.74) is 0. The first-order chi connectivity index (χ1) is 34.8. The molecule has 0 aliphatic carbocycles. The van der Waals surface area contributed by atoms with Crippen LogP contribution in [-0.2, 0) is 14.3 Å². The second kappa shape index (κ2) is 51.9. The number of hydrogen-bond acceptors (Lipinski definition) is 8. The van der Waals surface area contributed by atoms with Gasteiger partial charge >= 0.3 is 0 Å². The Bertz CT molecular complexity index is 1210. The normalized spacial score (nSPS) is 19.5. The van der Waals surface area contributed by atoms with Gasteiger partial charge in [0.1, 0.15) is 24.4 Å². The van der Waals surface area contributed by atoms with Crippen LogP contribution in [0, 0.1) is 0 Å². The minimum Gasteiger partial charge on any atom is -0.394 e. The molecule has 1 aliphatic rings. The highest BCUT2D eigenvalue weighted by Crippen LogP contribution is 2.23. The van der Waals surface area contributed by atoms with Crippen molar-refractivity contribution in [2.45, 2.75) is 339 Å². The quantitative estimate of drug-likeness (QED) is 0.0261. The van der Waals surface area contributed by atoms with Crippen LogP contribution in [0.2, 0.25) is 0 Å². The second-order valence-corrected chi connectivity index (χ2v) is 21.5. The van der Waals surface area contributed by atoms with E-state index in [9.17, 15) is 30.3 Å². The van der Waals surface area contributed by atoms with Crippen molar-refractivity contribution in [2.24, 2.45) is 0 Å². The highest BCUT2D eigenvalue weighted by molar-refractivity contribution is 5.76. The minimum absolute atomic E-state index is 0.183. The Balaban J connectivity index is 2.07. The molecule has 1 rings (SSSR count). The highest BCUT2D eigenvalue weighted by atomic mass is 16.7. The molecule has 1 saturated heterocycles. The molecule has 1 heterocycles. The highest BCUT2D eigenvalue weighted by Gasteiger charge is 2.44. The monoisotopic (exact) mass is 1000 g/mol. The van der Waals surface area contributed by atoms with Gasteiger partial charge in [-0.05, 0) is 57.8 Å². The van der Waals surface area contributed by atoms with E-state index in [0.717, 1.165) is 38.5 Å². The first kappa shape index (κ1) is 67.4. The molecule has 7 unspecified atom stereocenters. The van der Waals surface area contributed by atoms with Crippen LogP contribution in [0.3, 0.4) is 0 Å². The molecule has 0 aromatic rings. The molecule has 0 aromatic heterocycles. The van der Waals surface area contributed by atoms with Gasteiger partial charge in [-0.15, -0.1) is 0 Å². The molecule has 418 valence electrons. The van der Waals surface area contributed by atoms with Gasteiger partial charge in [0.05, 0.1) is 25.4 Å². The largest absolute Gasteiger partial charge is 0.394 e. The number of carbonyl (C=O) groups excluding carboxylic acids is 1. The van der Waals surface area contributed by atoms with Gasteiger partial charge in [0, 0.05) is 6.42 Å². The van der Waals surface area contributed by atoms with Gasteiger partial charge in [0.2, 0.25) is 5.91 Å². The number of ether oxygens (including phenoxy) is 2. The minimum atomic E-state index is -1.57. The summed E-state index contributed by atoms with van der Waals surface area (Å²) < 4.78 is 11.2. The standard InChI is InChI=1S/C62H117NO8/c1-3-5-7-9-11-13-15-17-18-19-20-21-22-23-24-25-26-27-28-29-30-31-32-33-34-35-36-37-38-40-42-44-46-48-50-52-58(66)63-55(54-70-62-61(69)60(68)59(67)57(53-64)71-62)56(65)51-49-47-45-43-41-39-16-14-12-10-8-6-4-2/h19-20,41,43,49,51,55-57,59-62,64-65,67-69H,3-18,21-40,42,44-48,50,52-54H2,1-2H3,(H,63,66)/b20-19-,43-41+,51-49+. The fourth-order valence-electron chi connectivity index (χ4n) is 9.82. The van der Waals surface area contributed by atoms with E-state index in [1.54, 1.807) is 6.08 Å². The van der Waals surface area contributed by atoms with Gasteiger partial charge in [0.15, 0.2) is 6.29 Å². The van der Waals surface area contributed by atoms with Crippen LogP contribution >= 0.6 is 0 Å². The zero-order valence-corrected chi connectivity index (χ0v) is 46.5. The van der Waals surface area contributed by atoms with Crippen LogP contribution in [0.25, 0.3) is 0 Å². The number of aliphatic hydroxyl groups is 5. The fraction of sp³-hybridized carbons (Fsp3) is 0.887. The number of hydrogen-bond donors (Lipinski definition) is 6. The lowest BCUT2D eigenvalue weighted by atomic mass is 9.99. The smallest absolute Gasteiger partial charge is 0.220 e. The van der Waals surface area contributed by atoms with Gasteiger partial charge < -0.3 is 40.3 Å². The van der Waals surface area contributed by atoms with Crippen molar-refractivity contribution in [3.8, 4) is 0 Å². The summed E-state index contributed by atoms with van der Waals surface area (Å²) in [5, 5.41) is 54.4. The number of allylic oxidation sites excluding steroid dienone is 5. The van der Waals surface area contributed by atoms with Crippen LogP contribution in [0.5, 0.6) is 0 Å². The number of rotatable bonds is 53. The summed E-state index contributed by atoms with van der Waals surface area (Å²) in [6, 6.07) is -0.819. The molecule has 0 spiro atoms. The van der Waals surface area contributed by atoms with Gasteiger partial charge in [0.25, 0.3) is 0 Å². The maximum Gasteiger partial charge on any atom is 0.220 e. The number of amides is 1. The van der Waals surface area contributed by atoms with Crippen molar-refractivity contribution < 1.29 is 39.8 Å². The Hall–Kier alpha value is -1.59. The first-order valence-corrected chi connectivity index (χ1v) is 30.7. The van der Waals surface area contributed by atoms with Crippen molar-refractivity contribution >= 4 is 5.91 Å². The molecule has 0 bridgehead atoms. The van der Waals surface area contributed by atoms with Crippen LogP contribution in [0.4, 0.5) is 0 Å². The number of unbranched alkanes of at least 4 members (excludes halogenated alkanes) is 39. The lowest BCUT2D eigenvalue weighted by Crippen LogP contribution is -2.60. The third-order valence-corrected chi connectivity index (χ3v) is 14.7. The summed E-state index contributed by atoms with van der Waals surface area (Å²) >= 11 is 0. The van der Waals surface area contributed by atoms with Crippen molar-refractivity contribution in [2.75, 3.05) is 13.2 Å². The predicted octanol–water partition coefficient (Wildman–Crippen LogP) is 15.5. The van der Waals surface area contributed by atoms with Crippen molar-refractivity contribution in [1.29, 1.82) is 0 Å². The molecule has 0 radical (unpaired) electrons. The summed E-state index contributed by atoms with van der Waals surface area (Å²) in [4.78, 5) is 13.0. The van der Waals surface area contributed by atoms with E-state index >= 15 is 0 Å². The van der Waals surface area contributed by atoms with E-state index < -0.39 is 49.5 Å². The van der Waals surface area contributed by atoms with Gasteiger partial charge in [-0.2, -0.15) is 0 Å². The first-order valence-electron chi connectivity index (χ1n) is 30.7. The Morgan fingerprint density at radius 2 is 0.803 bits per heavy atom. The molecule has 71 heavy (non-hydrogen) atoms. The molecule has 6 N–H and O–H groups in total. The molecule has 9 nitrogen and oxygen atoms in total. The van der Waals surface area contributed by atoms with Crippen LogP contribution < -0.4 is 5.32 Å². The molecular formula is C62H117NO8. The van der Waals surface area contributed by atoms with Crippen LogP contribution in [-0.4, -0.2) is 87.5 Å². The Morgan fingerprint density at radius 1 is 0.465 bits per heavy atom. The average Bonchev–Trinajstić information content (AvgIpc) is 3.37. The SMILES string of the molecule is CCCCCCCCC/C=C/CC/C=C/C(O)C(COC1OC(CO)C(O)C(O)C1O)NC(=O)CCCCCCCCCCCCCCCCCCCCCCCCC/C=C\CCCCCCCCCC. The molecule has 0 aromatic carbocycles. The summed E-state index contributed by atoms with van der Waals surface area (Å²) in [7, 11) is 0. The molecular weight excluding hydrogens is 887 g/mol. The van der Waals surface area contributed by atoms with E-state index in [1.807, 2.05) is 6.08 Å².